The van der Waals surface area contributed by atoms with Crippen molar-refractivity contribution in [3.05, 3.63) is 106 Å². The minimum absolute atomic E-state index is 0.133. The Morgan fingerprint density at radius 2 is 1.68 bits per heavy atom. The predicted molar refractivity (Wildman–Crippen MR) is 151 cm³/mol. The fourth-order valence-electron chi connectivity index (χ4n) is 4.67. The van der Waals surface area contributed by atoms with E-state index >= 15 is 0 Å². The third kappa shape index (κ3) is 7.29. The molecular formula is C32H37N5. The molecule has 0 aromatic heterocycles. The quantitative estimate of drug-likeness (QED) is 0.240. The number of nitrogens with one attached hydrogen (secondary N) is 2. The number of benzene rings is 3. The summed E-state index contributed by atoms with van der Waals surface area (Å²) in [5, 5.41) is 27.8. The van der Waals surface area contributed by atoms with E-state index in [1.54, 1.807) is 7.05 Å². The molecule has 2 N–H and O–H groups in total. The van der Waals surface area contributed by atoms with Crippen LogP contribution in [-0.4, -0.2) is 19.3 Å². The highest BCUT2D eigenvalue weighted by Gasteiger charge is 2.32. The first-order valence-electron chi connectivity index (χ1n) is 12.8. The number of hydrogen-bond donors (Lipinski definition) is 2. The van der Waals surface area contributed by atoms with E-state index in [2.05, 4.69) is 90.4 Å². The van der Waals surface area contributed by atoms with E-state index in [1.807, 2.05) is 38.1 Å². The molecule has 0 fully saturated rings. The zero-order chi connectivity index (χ0) is 26.8. The van der Waals surface area contributed by atoms with Crippen LogP contribution in [0.1, 0.15) is 72.5 Å². The minimum Gasteiger partial charge on any atom is -0.313 e. The normalized spacial score (nSPS) is 13.3. The van der Waals surface area contributed by atoms with Crippen molar-refractivity contribution in [3.8, 4) is 12.1 Å². The minimum atomic E-state index is -0.645. The lowest BCUT2D eigenvalue weighted by molar-refractivity contribution is 0.317. The van der Waals surface area contributed by atoms with Crippen LogP contribution in [0.2, 0.25) is 0 Å². The van der Waals surface area contributed by atoms with Crippen LogP contribution >= 0.6 is 0 Å². The van der Waals surface area contributed by atoms with Crippen LogP contribution in [0.25, 0.3) is 0 Å². The largest absolute Gasteiger partial charge is 0.313 e. The topological polar surface area (TPSA) is 84.0 Å². The summed E-state index contributed by atoms with van der Waals surface area (Å²) in [5.74, 6) is 0.133. The van der Waals surface area contributed by atoms with Crippen LogP contribution in [0.15, 0.2) is 77.9 Å². The van der Waals surface area contributed by atoms with E-state index in [0.29, 0.717) is 12.1 Å². The molecule has 0 amide bonds. The maximum Gasteiger partial charge on any atom is 0.0991 e. The van der Waals surface area contributed by atoms with Crippen molar-refractivity contribution in [2.24, 2.45) is 10.5 Å². The van der Waals surface area contributed by atoms with Crippen LogP contribution in [-0.2, 0) is 6.42 Å². The summed E-state index contributed by atoms with van der Waals surface area (Å²) in [5.41, 5.74) is 9.58. The van der Waals surface area contributed by atoms with Gasteiger partial charge in [0.15, 0.2) is 0 Å². The summed E-state index contributed by atoms with van der Waals surface area (Å²) in [4.78, 5) is 0. The first-order valence-corrected chi connectivity index (χ1v) is 12.8. The molecule has 0 radical (unpaired) electrons. The van der Waals surface area contributed by atoms with Crippen LogP contribution in [0.5, 0.6) is 0 Å². The van der Waals surface area contributed by atoms with Gasteiger partial charge in [-0.1, -0.05) is 67.1 Å². The molecule has 3 aromatic carbocycles. The van der Waals surface area contributed by atoms with Crippen LogP contribution in [0.4, 0.5) is 0 Å². The number of hydrogen-bond acceptors (Lipinski definition) is 5. The third-order valence-electron chi connectivity index (χ3n) is 6.80. The first-order chi connectivity index (χ1) is 17.8. The highest BCUT2D eigenvalue weighted by atomic mass is 15.3. The molecule has 0 heterocycles. The molecule has 5 heteroatoms. The lowest BCUT2D eigenvalue weighted by Crippen LogP contribution is -2.36. The van der Waals surface area contributed by atoms with E-state index in [1.165, 1.54) is 11.1 Å². The molecule has 190 valence electrons. The summed E-state index contributed by atoms with van der Waals surface area (Å²) in [6, 6.07) is 29.4. The average Bonchev–Trinajstić information content (AvgIpc) is 2.92. The van der Waals surface area contributed by atoms with Crippen molar-refractivity contribution < 1.29 is 0 Å². The van der Waals surface area contributed by atoms with Gasteiger partial charge in [0.2, 0.25) is 0 Å². The first kappa shape index (κ1) is 27.7. The Balaban J connectivity index is 1.96. The molecule has 2 unspecified atom stereocenters. The van der Waals surface area contributed by atoms with Crippen molar-refractivity contribution in [2.75, 3.05) is 13.6 Å². The number of nitriles is 2. The second kappa shape index (κ2) is 12.9. The number of rotatable bonds is 11. The Kier molecular flexibility index (Phi) is 9.61. The smallest absolute Gasteiger partial charge is 0.0991 e. The molecule has 3 aromatic rings. The number of hydrazone groups is 1. The van der Waals surface area contributed by atoms with Crippen molar-refractivity contribution in [1.82, 2.24) is 10.7 Å². The molecule has 0 bridgehead atoms. The average molecular weight is 492 g/mol. The molecule has 3 rings (SSSR count). The summed E-state index contributed by atoms with van der Waals surface area (Å²) in [6.45, 7) is 8.79. The standard InChI is InChI=1S/C32H37N5/c1-6-30(37-35-5)27-11-8-12-28(19-27)31(32(3,4)22-34)36-21-29(17-24-15-13-23(2)14-16-24)26-10-7-9-25(18-26)20-33/h7-16,18-19,29,31,35-36H,6,17,21H2,1-5H3/b37-30+. The molecule has 0 saturated heterocycles. The highest BCUT2D eigenvalue weighted by molar-refractivity contribution is 6.00. The molecule has 0 aliphatic carbocycles. The van der Waals surface area contributed by atoms with E-state index in [4.69, 9.17) is 0 Å². The second-order valence-electron chi connectivity index (χ2n) is 10.1. The van der Waals surface area contributed by atoms with Crippen LogP contribution in [0, 0.1) is 35.0 Å². The van der Waals surface area contributed by atoms with Crippen molar-refractivity contribution >= 4 is 5.71 Å². The van der Waals surface area contributed by atoms with Gasteiger partial charge in [0.1, 0.15) is 0 Å². The highest BCUT2D eigenvalue weighted by Crippen LogP contribution is 2.34. The summed E-state index contributed by atoms with van der Waals surface area (Å²) in [7, 11) is 1.80. The van der Waals surface area contributed by atoms with E-state index < -0.39 is 5.41 Å². The maximum atomic E-state index is 10.1. The van der Waals surface area contributed by atoms with Crippen molar-refractivity contribution in [2.45, 2.75) is 52.5 Å². The van der Waals surface area contributed by atoms with E-state index in [-0.39, 0.29) is 12.0 Å². The van der Waals surface area contributed by atoms with Crippen molar-refractivity contribution in [3.63, 3.8) is 0 Å². The van der Waals surface area contributed by atoms with Gasteiger partial charge in [-0.3, -0.25) is 0 Å². The van der Waals surface area contributed by atoms with E-state index in [9.17, 15) is 10.5 Å². The lowest BCUT2D eigenvalue weighted by Gasteiger charge is -2.32. The van der Waals surface area contributed by atoms with Gasteiger partial charge in [-0.05, 0) is 74.1 Å². The zero-order valence-corrected chi connectivity index (χ0v) is 22.5. The fourth-order valence-corrected chi connectivity index (χ4v) is 4.67. The maximum absolute atomic E-state index is 10.1. The lowest BCUT2D eigenvalue weighted by atomic mass is 9.80. The summed E-state index contributed by atoms with van der Waals surface area (Å²) in [6.07, 6.45) is 1.63. The molecule has 37 heavy (non-hydrogen) atoms. The Morgan fingerprint density at radius 3 is 2.32 bits per heavy atom. The van der Waals surface area contributed by atoms with E-state index in [0.717, 1.165) is 35.2 Å². The van der Waals surface area contributed by atoms with Gasteiger partial charge < -0.3 is 10.7 Å². The Morgan fingerprint density at radius 1 is 0.973 bits per heavy atom. The fraction of sp³-hybridized carbons (Fsp3) is 0.344. The third-order valence-corrected chi connectivity index (χ3v) is 6.80. The molecule has 0 saturated carbocycles. The second-order valence-corrected chi connectivity index (χ2v) is 10.1. The van der Waals surface area contributed by atoms with Gasteiger partial charge in [-0.25, -0.2) is 0 Å². The van der Waals surface area contributed by atoms with Crippen LogP contribution < -0.4 is 10.7 Å². The zero-order valence-electron chi connectivity index (χ0n) is 22.5. The molecule has 0 aliphatic heterocycles. The SMILES string of the molecule is CC/C(=N\NC)c1cccc(C(NCC(Cc2ccc(C)cc2)c2cccc(C#N)c2)C(C)(C)C#N)c1. The van der Waals surface area contributed by atoms with Gasteiger partial charge in [-0.15, -0.1) is 0 Å². The predicted octanol–water partition coefficient (Wildman–Crippen LogP) is 6.41. The van der Waals surface area contributed by atoms with Gasteiger partial charge in [-0.2, -0.15) is 15.6 Å². The van der Waals surface area contributed by atoms with Gasteiger partial charge >= 0.3 is 0 Å². The Labute approximate surface area is 221 Å². The van der Waals surface area contributed by atoms with Gasteiger partial charge in [0.25, 0.3) is 0 Å². The Bertz CT molecular complexity index is 1290. The number of nitrogens with zero attached hydrogens (tertiary/aromatic N) is 3. The molecule has 5 nitrogen and oxygen atoms in total. The summed E-state index contributed by atoms with van der Waals surface area (Å²) < 4.78 is 0. The Hall–Kier alpha value is -3.93. The van der Waals surface area contributed by atoms with Gasteiger partial charge in [0.05, 0.1) is 34.9 Å². The monoisotopic (exact) mass is 491 g/mol. The van der Waals surface area contributed by atoms with Crippen molar-refractivity contribution in [1.29, 1.82) is 10.5 Å². The summed E-state index contributed by atoms with van der Waals surface area (Å²) >= 11 is 0. The van der Waals surface area contributed by atoms with Crippen LogP contribution in [0.3, 0.4) is 0 Å². The molecule has 0 spiro atoms. The molecular weight excluding hydrogens is 454 g/mol. The molecule has 0 aliphatic rings. The molecule has 2 atom stereocenters. The number of aryl methyl sites for hydroxylation is 1. The van der Waals surface area contributed by atoms with Gasteiger partial charge in [0, 0.05) is 19.5 Å².